The molecule has 1 aromatic rings. The van der Waals surface area contributed by atoms with E-state index in [9.17, 15) is 4.79 Å². The van der Waals surface area contributed by atoms with Crippen LogP contribution in [0.15, 0.2) is 12.1 Å². The van der Waals surface area contributed by atoms with Gasteiger partial charge in [0.1, 0.15) is 17.9 Å². The molecule has 0 spiro atoms. The third-order valence-corrected chi connectivity index (χ3v) is 2.88. The molecule has 86 valence electrons. The van der Waals surface area contributed by atoms with Gasteiger partial charge in [0, 0.05) is 6.42 Å². The maximum Gasteiger partial charge on any atom is 0.325 e. The lowest BCUT2D eigenvalue weighted by atomic mass is 10.0. The van der Waals surface area contributed by atoms with Crippen LogP contribution in [0.25, 0.3) is 0 Å². The van der Waals surface area contributed by atoms with Crippen LogP contribution in [0, 0.1) is 0 Å². The summed E-state index contributed by atoms with van der Waals surface area (Å²) in [7, 11) is 0. The monoisotopic (exact) mass is 241 g/mol. The molecule has 0 amide bonds. The predicted molar refractivity (Wildman–Crippen MR) is 59.8 cm³/mol. The summed E-state index contributed by atoms with van der Waals surface area (Å²) in [4.78, 5) is 10.8. The number of halogens is 1. The summed E-state index contributed by atoms with van der Waals surface area (Å²) in [6.45, 7) is 1.94. The fraction of sp³-hybridized carbons (Fsp3) is 0.364. The molecule has 0 radical (unpaired) electrons. The van der Waals surface area contributed by atoms with Crippen molar-refractivity contribution in [3.05, 3.63) is 28.3 Å². The standard InChI is InChI=1S/C11H12ClNO3/c1-5-2-7-3-6(9(13)11(14)15)4-8(12)10(7)16-5/h3-5,9H,2,13H2,1H3,(H,14,15). The van der Waals surface area contributed by atoms with E-state index in [-0.39, 0.29) is 6.10 Å². The van der Waals surface area contributed by atoms with Crippen LogP contribution in [-0.2, 0) is 11.2 Å². The van der Waals surface area contributed by atoms with E-state index in [0.29, 0.717) is 16.3 Å². The minimum atomic E-state index is -1.07. The summed E-state index contributed by atoms with van der Waals surface area (Å²) in [5.41, 5.74) is 6.97. The summed E-state index contributed by atoms with van der Waals surface area (Å²) in [5.74, 6) is -0.418. The zero-order valence-corrected chi connectivity index (χ0v) is 9.49. The van der Waals surface area contributed by atoms with Gasteiger partial charge in [-0.05, 0) is 30.2 Å². The largest absolute Gasteiger partial charge is 0.489 e. The Labute approximate surface area is 98.0 Å². The Bertz CT molecular complexity index is 447. The normalized spacial score (nSPS) is 20.1. The van der Waals surface area contributed by atoms with Gasteiger partial charge in [-0.3, -0.25) is 4.79 Å². The molecule has 1 heterocycles. The van der Waals surface area contributed by atoms with Gasteiger partial charge in [-0.25, -0.2) is 0 Å². The molecule has 2 atom stereocenters. The minimum absolute atomic E-state index is 0.0730. The van der Waals surface area contributed by atoms with Gasteiger partial charge in [0.05, 0.1) is 5.02 Å². The maximum atomic E-state index is 10.8. The van der Waals surface area contributed by atoms with Crippen molar-refractivity contribution in [2.45, 2.75) is 25.5 Å². The van der Waals surface area contributed by atoms with Crippen LogP contribution in [0.4, 0.5) is 0 Å². The number of nitrogens with two attached hydrogens (primary N) is 1. The molecule has 5 heteroatoms. The Kier molecular flexibility index (Phi) is 2.78. The quantitative estimate of drug-likeness (QED) is 0.827. The second-order valence-electron chi connectivity index (χ2n) is 3.94. The highest BCUT2D eigenvalue weighted by Crippen LogP contribution is 2.37. The molecule has 0 aromatic heterocycles. The Morgan fingerprint density at radius 2 is 2.38 bits per heavy atom. The van der Waals surface area contributed by atoms with E-state index in [1.165, 1.54) is 0 Å². The van der Waals surface area contributed by atoms with E-state index >= 15 is 0 Å². The average molecular weight is 242 g/mol. The van der Waals surface area contributed by atoms with Gasteiger partial charge in [0.2, 0.25) is 0 Å². The van der Waals surface area contributed by atoms with Crippen LogP contribution in [0.1, 0.15) is 24.1 Å². The van der Waals surface area contributed by atoms with Gasteiger partial charge in [-0.1, -0.05) is 11.6 Å². The van der Waals surface area contributed by atoms with E-state index in [2.05, 4.69) is 0 Å². The first-order valence-electron chi connectivity index (χ1n) is 4.96. The summed E-state index contributed by atoms with van der Waals surface area (Å²) < 4.78 is 5.51. The highest BCUT2D eigenvalue weighted by atomic mass is 35.5. The Hall–Kier alpha value is -1.26. The van der Waals surface area contributed by atoms with Crippen molar-refractivity contribution < 1.29 is 14.6 Å². The first-order valence-corrected chi connectivity index (χ1v) is 5.34. The smallest absolute Gasteiger partial charge is 0.325 e. The van der Waals surface area contributed by atoms with Gasteiger partial charge in [0.15, 0.2) is 0 Å². The topological polar surface area (TPSA) is 72.6 Å². The fourth-order valence-electron chi connectivity index (χ4n) is 1.83. The van der Waals surface area contributed by atoms with Crippen LogP contribution in [0.3, 0.4) is 0 Å². The summed E-state index contributed by atoms with van der Waals surface area (Å²) in [5, 5.41) is 9.25. The maximum absolute atomic E-state index is 10.8. The van der Waals surface area contributed by atoms with Crippen molar-refractivity contribution in [3.8, 4) is 5.75 Å². The van der Waals surface area contributed by atoms with Crippen LogP contribution in [0.5, 0.6) is 5.75 Å². The number of carbonyl (C=O) groups is 1. The number of benzene rings is 1. The molecule has 4 nitrogen and oxygen atoms in total. The number of rotatable bonds is 2. The third-order valence-electron chi connectivity index (χ3n) is 2.59. The average Bonchev–Trinajstić information content (AvgIpc) is 2.57. The number of carboxylic acid groups (broad SMARTS) is 1. The fourth-order valence-corrected chi connectivity index (χ4v) is 2.12. The zero-order chi connectivity index (χ0) is 11.9. The molecule has 0 saturated carbocycles. The molecule has 2 unspecified atom stereocenters. The third kappa shape index (κ3) is 1.86. The first kappa shape index (κ1) is 11.2. The van der Waals surface area contributed by atoms with Crippen molar-refractivity contribution in [2.24, 2.45) is 5.73 Å². The van der Waals surface area contributed by atoms with Crippen molar-refractivity contribution >= 4 is 17.6 Å². The molecule has 1 aromatic carbocycles. The molecule has 3 N–H and O–H groups in total. The van der Waals surface area contributed by atoms with Crippen LogP contribution < -0.4 is 10.5 Å². The van der Waals surface area contributed by atoms with Gasteiger partial charge in [0.25, 0.3) is 0 Å². The van der Waals surface area contributed by atoms with Crippen molar-refractivity contribution in [1.82, 2.24) is 0 Å². The minimum Gasteiger partial charge on any atom is -0.489 e. The molecular formula is C11H12ClNO3. The van der Waals surface area contributed by atoms with Crippen molar-refractivity contribution in [3.63, 3.8) is 0 Å². The number of ether oxygens (including phenoxy) is 1. The second kappa shape index (κ2) is 3.96. The number of aliphatic carboxylic acids is 1. The molecule has 0 aliphatic carbocycles. The molecule has 1 aliphatic heterocycles. The van der Waals surface area contributed by atoms with Crippen LogP contribution in [-0.4, -0.2) is 17.2 Å². The summed E-state index contributed by atoms with van der Waals surface area (Å²) >= 11 is 6.02. The van der Waals surface area contributed by atoms with E-state index in [1.807, 2.05) is 6.92 Å². The van der Waals surface area contributed by atoms with Crippen molar-refractivity contribution in [1.29, 1.82) is 0 Å². The van der Waals surface area contributed by atoms with E-state index in [4.69, 9.17) is 27.2 Å². The number of hydrogen-bond acceptors (Lipinski definition) is 3. The number of carboxylic acids is 1. The molecule has 16 heavy (non-hydrogen) atoms. The number of fused-ring (bicyclic) bond motifs is 1. The van der Waals surface area contributed by atoms with Gasteiger partial charge < -0.3 is 15.6 Å². The highest BCUT2D eigenvalue weighted by Gasteiger charge is 2.25. The molecular weight excluding hydrogens is 230 g/mol. The zero-order valence-electron chi connectivity index (χ0n) is 8.74. The molecule has 0 bridgehead atoms. The Balaban J connectivity index is 2.42. The molecule has 1 aliphatic rings. The lowest BCUT2D eigenvalue weighted by molar-refractivity contribution is -0.138. The molecule has 2 rings (SSSR count). The number of hydrogen-bond donors (Lipinski definition) is 2. The van der Waals surface area contributed by atoms with Gasteiger partial charge in [-0.2, -0.15) is 0 Å². The Morgan fingerprint density at radius 3 is 3.00 bits per heavy atom. The predicted octanol–water partition coefficient (Wildman–Crippen LogP) is 1.75. The lowest BCUT2D eigenvalue weighted by Gasteiger charge is -2.10. The first-order chi connectivity index (χ1) is 7.49. The molecule has 0 saturated heterocycles. The van der Waals surface area contributed by atoms with Crippen LogP contribution >= 0.6 is 11.6 Å². The summed E-state index contributed by atoms with van der Waals surface area (Å²) in [6.07, 6.45) is 0.804. The lowest BCUT2D eigenvalue weighted by Crippen LogP contribution is -2.20. The van der Waals surface area contributed by atoms with Gasteiger partial charge >= 0.3 is 5.97 Å². The van der Waals surface area contributed by atoms with Crippen molar-refractivity contribution in [2.75, 3.05) is 0 Å². The second-order valence-corrected chi connectivity index (χ2v) is 4.35. The van der Waals surface area contributed by atoms with Crippen LogP contribution in [0.2, 0.25) is 5.02 Å². The van der Waals surface area contributed by atoms with E-state index in [0.717, 1.165) is 12.0 Å². The molecule has 0 fully saturated rings. The Morgan fingerprint density at radius 1 is 1.69 bits per heavy atom. The SMILES string of the molecule is CC1Cc2cc(C(N)C(=O)O)cc(Cl)c2O1. The highest BCUT2D eigenvalue weighted by molar-refractivity contribution is 6.32. The van der Waals surface area contributed by atoms with Gasteiger partial charge in [-0.15, -0.1) is 0 Å². The summed E-state index contributed by atoms with van der Waals surface area (Å²) in [6, 6.07) is 2.26. The van der Waals surface area contributed by atoms with E-state index < -0.39 is 12.0 Å². The van der Waals surface area contributed by atoms with E-state index in [1.54, 1.807) is 12.1 Å².